The van der Waals surface area contributed by atoms with Crippen LogP contribution in [0.4, 0.5) is 22.0 Å². The van der Waals surface area contributed by atoms with Gasteiger partial charge in [0.05, 0.1) is 34.5 Å². The summed E-state index contributed by atoms with van der Waals surface area (Å²) in [6.45, 7) is 14.5. The van der Waals surface area contributed by atoms with Gasteiger partial charge in [0.15, 0.2) is 0 Å². The summed E-state index contributed by atoms with van der Waals surface area (Å²) in [7, 11) is 3.65. The molecule has 0 spiro atoms. The maximum atomic E-state index is 14.0. The first-order valence-corrected chi connectivity index (χ1v) is 22.6. The van der Waals surface area contributed by atoms with E-state index in [2.05, 4.69) is 15.2 Å². The third-order valence-electron chi connectivity index (χ3n) is 12.1. The summed E-state index contributed by atoms with van der Waals surface area (Å²) in [5.41, 5.74) is 13.8. The highest BCUT2D eigenvalue weighted by Gasteiger charge is 2.38. The molecule has 2 aromatic carbocycles. The van der Waals surface area contributed by atoms with Gasteiger partial charge in [-0.15, -0.1) is 0 Å². The first kappa shape index (κ1) is 52.2. The smallest absolute Gasteiger partial charge is 0.490 e. The third-order valence-corrected chi connectivity index (χ3v) is 12.1. The number of piperidine rings is 1. The van der Waals surface area contributed by atoms with Crippen molar-refractivity contribution in [3.63, 3.8) is 0 Å². The van der Waals surface area contributed by atoms with E-state index < -0.39 is 35.8 Å². The fourth-order valence-corrected chi connectivity index (χ4v) is 8.24. The lowest BCUT2D eigenvalue weighted by Crippen LogP contribution is -2.40. The highest BCUT2D eigenvalue weighted by Crippen LogP contribution is 2.30. The summed E-state index contributed by atoms with van der Waals surface area (Å²) in [6.07, 6.45) is -4.88. The number of benzene rings is 2. The normalized spacial score (nSPS) is 15.0. The molecular formula is C47H57F5N12O6. The van der Waals surface area contributed by atoms with Crippen LogP contribution in [-0.4, -0.2) is 110 Å². The predicted molar refractivity (Wildman–Crippen MR) is 248 cm³/mol. The molecule has 5 heterocycles. The largest absolute Gasteiger partial charge is 0.491 e. The van der Waals surface area contributed by atoms with Crippen molar-refractivity contribution in [2.45, 2.75) is 99.1 Å². The van der Waals surface area contributed by atoms with Crippen LogP contribution >= 0.6 is 0 Å². The fourth-order valence-electron chi connectivity index (χ4n) is 8.24. The Bertz CT molecular complexity index is 3140. The number of halogens is 5. The van der Waals surface area contributed by atoms with Crippen LogP contribution in [-0.2, 0) is 45.1 Å². The molecule has 0 bridgehead atoms. The zero-order valence-electron chi connectivity index (χ0n) is 40.3. The van der Waals surface area contributed by atoms with Crippen LogP contribution in [0.3, 0.4) is 0 Å². The Morgan fingerprint density at radius 1 is 0.786 bits per heavy atom. The second-order valence-electron chi connectivity index (χ2n) is 17.2. The van der Waals surface area contributed by atoms with Gasteiger partial charge in [-0.1, -0.05) is 23.3 Å². The predicted octanol–water partition coefficient (Wildman–Crippen LogP) is 6.07. The van der Waals surface area contributed by atoms with Crippen LogP contribution in [0.2, 0.25) is 0 Å². The monoisotopic (exact) mass is 980 g/mol. The molecule has 1 fully saturated rings. The van der Waals surface area contributed by atoms with Crippen LogP contribution < -0.4 is 21.7 Å². The highest BCUT2D eigenvalue weighted by atomic mass is 19.4. The molecule has 0 unspecified atom stereocenters. The molecule has 18 nitrogen and oxygen atoms in total. The van der Waals surface area contributed by atoms with Crippen molar-refractivity contribution >= 4 is 45.8 Å². The minimum Gasteiger partial charge on any atom is -0.491 e. The summed E-state index contributed by atoms with van der Waals surface area (Å²) in [5.74, 6) is -6.59. The van der Waals surface area contributed by atoms with Gasteiger partial charge in [-0.2, -0.15) is 33.4 Å². The second-order valence-corrected chi connectivity index (χ2v) is 17.2. The number of imidazole rings is 2. The van der Waals surface area contributed by atoms with E-state index in [1.54, 1.807) is 45.2 Å². The van der Waals surface area contributed by atoms with Crippen molar-refractivity contribution in [3.8, 4) is 5.75 Å². The molecule has 0 atom stereocenters. The quantitative estimate of drug-likeness (QED) is 0.0737. The Morgan fingerprint density at radius 2 is 1.27 bits per heavy atom. The molecule has 7 rings (SSSR count). The molecule has 1 saturated heterocycles. The Kier molecular flexibility index (Phi) is 15.8. The lowest BCUT2D eigenvalue weighted by Gasteiger charge is -2.31. The van der Waals surface area contributed by atoms with Crippen molar-refractivity contribution in [2.24, 2.45) is 29.8 Å². The minimum atomic E-state index is -5.08. The van der Waals surface area contributed by atoms with Crippen LogP contribution in [0.5, 0.6) is 5.75 Å². The summed E-state index contributed by atoms with van der Waals surface area (Å²) in [5, 5.41) is 16.0. The van der Waals surface area contributed by atoms with Crippen molar-refractivity contribution in [1.29, 1.82) is 0 Å². The number of rotatable bonds is 14. The van der Waals surface area contributed by atoms with Crippen LogP contribution in [0.25, 0.3) is 22.1 Å². The number of primary amides is 1. The molecule has 4 aromatic heterocycles. The number of hydrogen-bond donors (Lipinski definition) is 2. The van der Waals surface area contributed by atoms with E-state index in [1.165, 1.54) is 0 Å². The lowest BCUT2D eigenvalue weighted by molar-refractivity contribution is -0.192. The number of carbonyl (C=O) groups is 4. The topological polar surface area (TPSA) is 207 Å². The first-order valence-electron chi connectivity index (χ1n) is 22.6. The standard InChI is InChI=1S/C45H56F2N12O4.C2HF3O2/c1-9-58-36(22-30(5)51-58)41(61)49-43-53(7)33-14-11-12-15-34(33)56(43)26-28(3)29(4)27-57-39-35(54(8)44(57)50-42(62)37-23-31(6)52-59(37)10-2)24-32(40(48)60)25-38(39)63-21-13-18-55-19-16-45(46,47)17-20-55;3-2(4,5)1(6)7/h11-12,14-15,22-25H,9-10,13,16-21,26-27H2,1-8H3,(H2,48,60);(H,6,7)/b29-28+,49-43+,50-44+;. The number of amides is 3. The van der Waals surface area contributed by atoms with Gasteiger partial charge in [0, 0.05) is 78.3 Å². The summed E-state index contributed by atoms with van der Waals surface area (Å²) < 4.78 is 76.7. The number of alkyl halides is 5. The zero-order chi connectivity index (χ0) is 51.4. The zero-order valence-corrected chi connectivity index (χ0v) is 40.3. The van der Waals surface area contributed by atoms with E-state index in [0.29, 0.717) is 90.8 Å². The Hall–Kier alpha value is -7.17. The molecule has 1 aliphatic heterocycles. The molecule has 376 valence electrons. The van der Waals surface area contributed by atoms with Gasteiger partial charge < -0.3 is 38.7 Å². The van der Waals surface area contributed by atoms with Crippen molar-refractivity contribution in [1.82, 2.24) is 42.7 Å². The maximum Gasteiger partial charge on any atom is 0.490 e. The molecule has 3 amide bonds. The molecule has 0 aliphatic carbocycles. The summed E-state index contributed by atoms with van der Waals surface area (Å²) in [4.78, 5) is 60.8. The van der Waals surface area contributed by atoms with Gasteiger partial charge in [-0.25, -0.2) is 13.6 Å². The molecule has 70 heavy (non-hydrogen) atoms. The summed E-state index contributed by atoms with van der Waals surface area (Å²) in [6, 6.07) is 14.6. The van der Waals surface area contributed by atoms with Gasteiger partial charge in [0.1, 0.15) is 22.7 Å². The summed E-state index contributed by atoms with van der Waals surface area (Å²) >= 11 is 0. The number of aromatic nitrogens is 8. The van der Waals surface area contributed by atoms with Crippen molar-refractivity contribution in [2.75, 3.05) is 26.2 Å². The van der Waals surface area contributed by atoms with Crippen LogP contribution in [0, 0.1) is 13.8 Å². The number of nitrogens with two attached hydrogens (primary N) is 1. The number of likely N-dealkylation sites (tertiary alicyclic amines) is 1. The Balaban J connectivity index is 0.00000107. The van der Waals surface area contributed by atoms with E-state index in [0.717, 1.165) is 27.9 Å². The van der Waals surface area contributed by atoms with Crippen LogP contribution in [0.15, 0.2) is 69.7 Å². The molecule has 0 saturated carbocycles. The minimum absolute atomic E-state index is 0.173. The van der Waals surface area contributed by atoms with Gasteiger partial charge in [0.25, 0.3) is 17.7 Å². The van der Waals surface area contributed by atoms with E-state index >= 15 is 0 Å². The van der Waals surface area contributed by atoms with E-state index in [4.69, 9.17) is 25.4 Å². The Morgan fingerprint density at radius 3 is 1.77 bits per heavy atom. The number of fused-ring (bicyclic) bond motifs is 2. The molecule has 0 radical (unpaired) electrons. The average Bonchev–Trinajstić information content (AvgIpc) is 4.03. The number of hydrogen-bond acceptors (Lipinski definition) is 8. The van der Waals surface area contributed by atoms with Crippen molar-refractivity contribution in [3.05, 3.63) is 99.3 Å². The number of carboxylic acids is 1. The van der Waals surface area contributed by atoms with E-state index in [1.807, 2.05) is 91.5 Å². The SMILES string of the molecule is CCn1nc(C)cc1C(=O)/N=c1\n(C)c2ccccc2n1C/C(C)=C(\C)Cn1/c(=N/C(=O)c2cc(C)nn2CC)n(C)c2cc(C(N)=O)cc(OCCCN3CCC(F)(F)CC3)c21.O=C(O)C(F)(F)F. The Labute approximate surface area is 398 Å². The number of aryl methyl sites for hydroxylation is 6. The second kappa shape index (κ2) is 21.2. The average molecular weight is 981 g/mol. The number of allylic oxidation sites excluding steroid dienone is 2. The number of para-hydroxylation sites is 2. The maximum absolute atomic E-state index is 14.0. The van der Waals surface area contributed by atoms with Crippen LogP contribution in [0.1, 0.15) is 89.7 Å². The molecular weight excluding hydrogens is 924 g/mol. The van der Waals surface area contributed by atoms with E-state index in [9.17, 15) is 36.3 Å². The number of nitrogens with zero attached hydrogens (tertiary/aromatic N) is 11. The molecule has 6 aromatic rings. The number of aliphatic carboxylic acids is 1. The van der Waals surface area contributed by atoms with E-state index in [-0.39, 0.29) is 31.6 Å². The number of ether oxygens (including phenoxy) is 1. The fraction of sp³-hybridized carbons (Fsp3) is 0.447. The molecule has 1 aliphatic rings. The third kappa shape index (κ3) is 11.6. The first-order chi connectivity index (χ1) is 32.9. The van der Waals surface area contributed by atoms with Gasteiger partial charge in [0.2, 0.25) is 17.1 Å². The number of carboxylic acid groups (broad SMARTS) is 1. The molecule has 3 N–H and O–H groups in total. The van der Waals surface area contributed by atoms with Crippen molar-refractivity contribution < 1.29 is 51.0 Å². The molecule has 23 heteroatoms. The van der Waals surface area contributed by atoms with Gasteiger partial charge in [-0.05, 0) is 84.4 Å². The lowest BCUT2D eigenvalue weighted by atomic mass is 10.1. The van der Waals surface area contributed by atoms with Gasteiger partial charge >= 0.3 is 12.1 Å². The number of carbonyl (C=O) groups excluding carboxylic acids is 3. The highest BCUT2D eigenvalue weighted by molar-refractivity contribution is 5.99. The van der Waals surface area contributed by atoms with Gasteiger partial charge in [-0.3, -0.25) is 23.7 Å².